The molecule has 0 saturated carbocycles. The Morgan fingerprint density at radius 2 is 2.00 bits per heavy atom. The molecule has 0 saturated heterocycles. The largest absolute Gasteiger partial charge is 0.353 e. The second kappa shape index (κ2) is 10.3. The molecule has 3 N–H and O–H groups in total. The first-order valence-corrected chi connectivity index (χ1v) is 7.08. The van der Waals surface area contributed by atoms with Gasteiger partial charge in [-0.25, -0.2) is 0 Å². The molecule has 4 heteroatoms. The predicted molar refractivity (Wildman–Crippen MR) is 68.1 cm³/mol. The average molecular weight is 232 g/mol. The van der Waals surface area contributed by atoms with Crippen LogP contribution in [-0.4, -0.2) is 30.5 Å². The van der Waals surface area contributed by atoms with Crippen LogP contribution >= 0.6 is 11.8 Å². The molecular weight excluding hydrogens is 208 g/mol. The molecule has 15 heavy (non-hydrogen) atoms. The van der Waals surface area contributed by atoms with Crippen molar-refractivity contribution in [2.45, 2.75) is 45.1 Å². The molecule has 3 nitrogen and oxygen atoms in total. The first-order chi connectivity index (χ1) is 7.20. The van der Waals surface area contributed by atoms with Gasteiger partial charge in [-0.05, 0) is 32.6 Å². The molecule has 0 aromatic rings. The summed E-state index contributed by atoms with van der Waals surface area (Å²) in [5.74, 6) is 1.17. The Hall–Kier alpha value is -0.220. The summed E-state index contributed by atoms with van der Waals surface area (Å²) < 4.78 is 0. The fraction of sp³-hybridized carbons (Fsp3) is 0.909. The van der Waals surface area contributed by atoms with Crippen LogP contribution in [-0.2, 0) is 4.79 Å². The Morgan fingerprint density at radius 1 is 1.33 bits per heavy atom. The molecule has 1 unspecified atom stereocenters. The summed E-state index contributed by atoms with van der Waals surface area (Å²) in [6, 6.07) is 0.288. The zero-order chi connectivity index (χ0) is 11.5. The van der Waals surface area contributed by atoms with Crippen LogP contribution < -0.4 is 11.1 Å². The first kappa shape index (κ1) is 14.8. The minimum absolute atomic E-state index is 0.185. The topological polar surface area (TPSA) is 55.1 Å². The molecule has 1 amide bonds. The lowest BCUT2D eigenvalue weighted by molar-refractivity contribution is -0.121. The van der Waals surface area contributed by atoms with E-state index >= 15 is 0 Å². The van der Waals surface area contributed by atoms with Crippen molar-refractivity contribution in [1.82, 2.24) is 5.32 Å². The number of hydrogen-bond acceptors (Lipinski definition) is 3. The van der Waals surface area contributed by atoms with Crippen molar-refractivity contribution in [3.05, 3.63) is 0 Å². The number of thioether (sulfide) groups is 1. The lowest BCUT2D eigenvalue weighted by Crippen LogP contribution is -2.33. The Balaban J connectivity index is 3.32. The predicted octanol–water partition coefficient (Wildman–Crippen LogP) is 1.76. The smallest absolute Gasteiger partial charge is 0.220 e. The molecule has 0 rings (SSSR count). The van der Waals surface area contributed by atoms with E-state index < -0.39 is 0 Å². The van der Waals surface area contributed by atoms with Crippen molar-refractivity contribution in [3.8, 4) is 0 Å². The van der Waals surface area contributed by atoms with Crippen molar-refractivity contribution in [2.75, 3.05) is 18.6 Å². The quantitative estimate of drug-likeness (QED) is 0.596. The van der Waals surface area contributed by atoms with E-state index in [1.165, 1.54) is 0 Å². The van der Waals surface area contributed by atoms with Crippen LogP contribution in [0.1, 0.15) is 39.0 Å². The summed E-state index contributed by atoms with van der Waals surface area (Å²) in [6.45, 7) is 2.81. The molecule has 0 fully saturated rings. The van der Waals surface area contributed by atoms with E-state index in [0.717, 1.165) is 38.0 Å². The SMILES string of the molecule is CSCC(C)NC(=O)CCCCCCN. The number of carbonyl (C=O) groups excluding carboxylic acids is 1. The lowest BCUT2D eigenvalue weighted by Gasteiger charge is -2.12. The molecule has 0 aromatic heterocycles. The summed E-state index contributed by atoms with van der Waals surface area (Å²) in [5, 5.41) is 2.99. The van der Waals surface area contributed by atoms with Crippen LogP contribution in [0, 0.1) is 0 Å². The molecule has 0 aliphatic carbocycles. The van der Waals surface area contributed by atoms with Gasteiger partial charge < -0.3 is 11.1 Å². The Labute approximate surface area is 97.6 Å². The maximum absolute atomic E-state index is 11.4. The molecule has 90 valence electrons. The van der Waals surface area contributed by atoms with Gasteiger partial charge in [-0.1, -0.05) is 12.8 Å². The van der Waals surface area contributed by atoms with Crippen molar-refractivity contribution < 1.29 is 4.79 Å². The van der Waals surface area contributed by atoms with Crippen LogP contribution in [0.15, 0.2) is 0 Å². The Kier molecular flexibility index (Phi) is 10.2. The molecule has 0 heterocycles. The summed E-state index contributed by atoms with van der Waals surface area (Å²) >= 11 is 1.76. The summed E-state index contributed by atoms with van der Waals surface area (Å²) in [6.07, 6.45) is 7.02. The third kappa shape index (κ3) is 10.1. The first-order valence-electron chi connectivity index (χ1n) is 5.69. The van der Waals surface area contributed by atoms with E-state index in [1.54, 1.807) is 11.8 Å². The average Bonchev–Trinajstić information content (AvgIpc) is 2.17. The van der Waals surface area contributed by atoms with Crippen LogP contribution in [0.4, 0.5) is 0 Å². The van der Waals surface area contributed by atoms with E-state index in [4.69, 9.17) is 5.73 Å². The van der Waals surface area contributed by atoms with Gasteiger partial charge in [-0.2, -0.15) is 11.8 Å². The van der Waals surface area contributed by atoms with Gasteiger partial charge in [0.05, 0.1) is 0 Å². The van der Waals surface area contributed by atoms with E-state index in [2.05, 4.69) is 11.6 Å². The highest BCUT2D eigenvalue weighted by molar-refractivity contribution is 7.98. The van der Waals surface area contributed by atoms with Crippen molar-refractivity contribution >= 4 is 17.7 Å². The molecular formula is C11H24N2OS. The zero-order valence-electron chi connectivity index (χ0n) is 9.92. The second-order valence-corrected chi connectivity index (χ2v) is 4.79. The third-order valence-electron chi connectivity index (χ3n) is 2.18. The Bertz CT molecular complexity index is 165. The minimum atomic E-state index is 0.185. The maximum atomic E-state index is 11.4. The molecule has 0 aromatic carbocycles. The number of hydrogen-bond donors (Lipinski definition) is 2. The number of carbonyl (C=O) groups is 1. The summed E-state index contributed by atoms with van der Waals surface area (Å²) in [5.41, 5.74) is 5.39. The van der Waals surface area contributed by atoms with Crippen LogP contribution in [0.5, 0.6) is 0 Å². The Morgan fingerprint density at radius 3 is 2.60 bits per heavy atom. The lowest BCUT2D eigenvalue weighted by atomic mass is 10.1. The highest BCUT2D eigenvalue weighted by atomic mass is 32.2. The minimum Gasteiger partial charge on any atom is -0.353 e. The van der Waals surface area contributed by atoms with Gasteiger partial charge in [-0.3, -0.25) is 4.79 Å². The maximum Gasteiger partial charge on any atom is 0.220 e. The molecule has 0 radical (unpaired) electrons. The van der Waals surface area contributed by atoms with Crippen LogP contribution in [0.2, 0.25) is 0 Å². The third-order valence-corrected chi connectivity index (χ3v) is 3.02. The fourth-order valence-electron chi connectivity index (χ4n) is 1.42. The highest BCUT2D eigenvalue weighted by Crippen LogP contribution is 2.03. The van der Waals surface area contributed by atoms with E-state index in [0.29, 0.717) is 6.42 Å². The van der Waals surface area contributed by atoms with Crippen LogP contribution in [0.3, 0.4) is 0 Å². The van der Waals surface area contributed by atoms with Gasteiger partial charge in [0, 0.05) is 18.2 Å². The van der Waals surface area contributed by atoms with Crippen molar-refractivity contribution in [1.29, 1.82) is 0 Å². The zero-order valence-corrected chi connectivity index (χ0v) is 10.7. The second-order valence-electron chi connectivity index (χ2n) is 3.88. The van der Waals surface area contributed by atoms with Crippen molar-refractivity contribution in [2.24, 2.45) is 5.73 Å². The molecule has 0 bridgehead atoms. The van der Waals surface area contributed by atoms with Gasteiger partial charge in [0.2, 0.25) is 5.91 Å². The monoisotopic (exact) mass is 232 g/mol. The van der Waals surface area contributed by atoms with Gasteiger partial charge in [0.25, 0.3) is 0 Å². The summed E-state index contributed by atoms with van der Waals surface area (Å²) in [7, 11) is 0. The molecule has 0 aliphatic heterocycles. The summed E-state index contributed by atoms with van der Waals surface area (Å²) in [4.78, 5) is 11.4. The van der Waals surface area contributed by atoms with Gasteiger partial charge >= 0.3 is 0 Å². The molecule has 1 atom stereocenters. The number of unbranched alkanes of at least 4 members (excludes halogenated alkanes) is 3. The van der Waals surface area contributed by atoms with Gasteiger partial charge in [0.1, 0.15) is 0 Å². The molecule has 0 aliphatic rings. The number of nitrogens with two attached hydrogens (primary N) is 1. The highest BCUT2D eigenvalue weighted by Gasteiger charge is 2.05. The number of rotatable bonds is 9. The van der Waals surface area contributed by atoms with Crippen LogP contribution in [0.25, 0.3) is 0 Å². The number of nitrogens with one attached hydrogen (secondary N) is 1. The van der Waals surface area contributed by atoms with E-state index in [9.17, 15) is 4.79 Å². The normalized spacial score (nSPS) is 12.5. The number of amides is 1. The van der Waals surface area contributed by atoms with Gasteiger partial charge in [-0.15, -0.1) is 0 Å². The van der Waals surface area contributed by atoms with Gasteiger partial charge in [0.15, 0.2) is 0 Å². The standard InChI is InChI=1S/C11H24N2OS/c1-10(9-15-2)13-11(14)7-5-3-4-6-8-12/h10H,3-9,12H2,1-2H3,(H,13,14). The fourth-order valence-corrected chi connectivity index (χ4v) is 2.01. The van der Waals surface area contributed by atoms with E-state index in [-0.39, 0.29) is 11.9 Å². The molecule has 0 spiro atoms. The van der Waals surface area contributed by atoms with Crippen molar-refractivity contribution in [3.63, 3.8) is 0 Å². The van der Waals surface area contributed by atoms with E-state index in [1.807, 2.05) is 6.92 Å².